The van der Waals surface area contributed by atoms with Crippen LogP contribution in [0.3, 0.4) is 0 Å². The number of nitrogens with one attached hydrogen (secondary N) is 1. The molecule has 38 heavy (non-hydrogen) atoms. The summed E-state index contributed by atoms with van der Waals surface area (Å²) < 4.78 is 63.9. The SMILES string of the molecule is COc1cc(CNC(=O)CN(c2ccc(F)cc2)S(=O)(=O)c2ccc3c(c2)OCCO3)ccc1OC(C)C. The van der Waals surface area contributed by atoms with Crippen LogP contribution in [0.1, 0.15) is 19.4 Å². The standard InChI is InChI=1S/C27H29FN2O7S/c1-18(2)37-24-10-4-19(14-25(24)34-3)16-29-27(31)17-30(21-7-5-20(28)6-8-21)38(32,33)22-9-11-23-26(15-22)36-13-12-35-23/h4-11,14-15,18H,12-13,16-17H2,1-3H3,(H,29,31). The van der Waals surface area contributed by atoms with Gasteiger partial charge >= 0.3 is 0 Å². The topological polar surface area (TPSA) is 103 Å². The van der Waals surface area contributed by atoms with Crippen molar-refractivity contribution in [3.63, 3.8) is 0 Å². The van der Waals surface area contributed by atoms with Crippen molar-refractivity contribution in [3.8, 4) is 23.0 Å². The highest BCUT2D eigenvalue weighted by atomic mass is 32.2. The second-order valence-electron chi connectivity index (χ2n) is 8.72. The molecule has 1 amide bonds. The average molecular weight is 545 g/mol. The number of sulfonamides is 1. The number of nitrogens with zero attached hydrogens (tertiary/aromatic N) is 1. The van der Waals surface area contributed by atoms with Crippen LogP contribution in [0.25, 0.3) is 0 Å². The zero-order chi connectivity index (χ0) is 27.3. The third kappa shape index (κ3) is 6.28. The van der Waals surface area contributed by atoms with Gasteiger partial charge in [-0.3, -0.25) is 9.10 Å². The molecule has 1 aliphatic heterocycles. The van der Waals surface area contributed by atoms with Crippen LogP contribution in [-0.4, -0.2) is 47.3 Å². The van der Waals surface area contributed by atoms with E-state index in [-0.39, 0.29) is 29.8 Å². The molecule has 0 atom stereocenters. The lowest BCUT2D eigenvalue weighted by molar-refractivity contribution is -0.119. The Labute approximate surface area is 221 Å². The molecule has 0 aliphatic carbocycles. The van der Waals surface area contributed by atoms with Gasteiger partial charge in [0.2, 0.25) is 5.91 Å². The number of amides is 1. The Bertz CT molecular complexity index is 1400. The predicted molar refractivity (Wildman–Crippen MR) is 139 cm³/mol. The minimum atomic E-state index is -4.23. The molecule has 0 aromatic heterocycles. The summed E-state index contributed by atoms with van der Waals surface area (Å²) in [6, 6.07) is 14.4. The van der Waals surface area contributed by atoms with E-state index in [4.69, 9.17) is 18.9 Å². The Balaban J connectivity index is 1.55. The number of halogens is 1. The zero-order valence-electron chi connectivity index (χ0n) is 21.3. The smallest absolute Gasteiger partial charge is 0.264 e. The lowest BCUT2D eigenvalue weighted by Crippen LogP contribution is -2.40. The summed E-state index contributed by atoms with van der Waals surface area (Å²) in [5.41, 5.74) is 0.864. The molecule has 1 aliphatic rings. The molecule has 0 saturated heterocycles. The third-order valence-electron chi connectivity index (χ3n) is 5.58. The largest absolute Gasteiger partial charge is 0.493 e. The van der Waals surface area contributed by atoms with Crippen LogP contribution < -0.4 is 28.6 Å². The summed E-state index contributed by atoms with van der Waals surface area (Å²) in [5, 5.41) is 2.74. The Morgan fingerprint density at radius 3 is 2.39 bits per heavy atom. The van der Waals surface area contributed by atoms with Crippen LogP contribution in [0, 0.1) is 5.82 Å². The maximum absolute atomic E-state index is 13.6. The van der Waals surface area contributed by atoms with Crippen molar-refractivity contribution in [2.45, 2.75) is 31.4 Å². The van der Waals surface area contributed by atoms with Gasteiger partial charge in [-0.05, 0) is 67.9 Å². The summed E-state index contributed by atoms with van der Waals surface area (Å²) in [4.78, 5) is 12.9. The van der Waals surface area contributed by atoms with Crippen LogP contribution in [0.2, 0.25) is 0 Å². The first-order valence-corrected chi connectivity index (χ1v) is 13.4. The van der Waals surface area contributed by atoms with Crippen molar-refractivity contribution in [2.24, 2.45) is 0 Å². The summed E-state index contributed by atoms with van der Waals surface area (Å²) in [6.45, 7) is 4.04. The molecule has 4 rings (SSSR count). The molecule has 0 radical (unpaired) electrons. The lowest BCUT2D eigenvalue weighted by Gasteiger charge is -2.25. The molecule has 9 nitrogen and oxygen atoms in total. The van der Waals surface area contributed by atoms with Gasteiger partial charge in [0.05, 0.1) is 23.8 Å². The van der Waals surface area contributed by atoms with Gasteiger partial charge in [-0.25, -0.2) is 12.8 Å². The first-order valence-electron chi connectivity index (χ1n) is 12.0. The van der Waals surface area contributed by atoms with E-state index in [1.165, 1.54) is 37.4 Å². The number of anilines is 1. The number of carbonyl (C=O) groups is 1. The Hall–Kier alpha value is -3.99. The van der Waals surface area contributed by atoms with Gasteiger partial charge in [-0.1, -0.05) is 6.07 Å². The van der Waals surface area contributed by atoms with Crippen molar-refractivity contribution in [3.05, 3.63) is 72.0 Å². The number of fused-ring (bicyclic) bond motifs is 1. The molecule has 0 spiro atoms. The number of methoxy groups -OCH3 is 1. The van der Waals surface area contributed by atoms with Crippen LogP contribution >= 0.6 is 0 Å². The van der Waals surface area contributed by atoms with Gasteiger partial charge in [0.15, 0.2) is 23.0 Å². The van der Waals surface area contributed by atoms with E-state index < -0.39 is 28.3 Å². The summed E-state index contributed by atoms with van der Waals surface area (Å²) in [7, 11) is -2.71. The molecule has 202 valence electrons. The zero-order valence-corrected chi connectivity index (χ0v) is 22.1. The molecular formula is C27H29FN2O7S. The molecule has 3 aromatic rings. The van der Waals surface area contributed by atoms with Gasteiger partial charge in [0.25, 0.3) is 10.0 Å². The number of benzene rings is 3. The normalized spacial score (nSPS) is 12.7. The third-order valence-corrected chi connectivity index (χ3v) is 7.35. The molecule has 3 aromatic carbocycles. The number of ether oxygens (including phenoxy) is 4. The van der Waals surface area contributed by atoms with Crippen LogP contribution in [-0.2, 0) is 21.4 Å². The molecule has 0 fully saturated rings. The van der Waals surface area contributed by atoms with Crippen LogP contribution in [0.4, 0.5) is 10.1 Å². The Kier molecular flexibility index (Phi) is 8.26. The maximum Gasteiger partial charge on any atom is 0.264 e. The number of hydrogen-bond donors (Lipinski definition) is 1. The van der Waals surface area contributed by atoms with Crippen molar-refractivity contribution in [1.82, 2.24) is 5.32 Å². The first-order chi connectivity index (χ1) is 18.2. The highest BCUT2D eigenvalue weighted by Gasteiger charge is 2.29. The number of carbonyl (C=O) groups excluding carboxylic acids is 1. The van der Waals surface area contributed by atoms with Gasteiger partial charge in [-0.2, -0.15) is 0 Å². The first kappa shape index (κ1) is 27.1. The van der Waals surface area contributed by atoms with Crippen molar-refractivity contribution < 1.29 is 36.6 Å². The lowest BCUT2D eigenvalue weighted by atomic mass is 10.2. The fourth-order valence-corrected chi connectivity index (χ4v) is 5.23. The maximum atomic E-state index is 13.6. The fraction of sp³-hybridized carbons (Fsp3) is 0.296. The summed E-state index contributed by atoms with van der Waals surface area (Å²) in [5.74, 6) is 0.719. The molecule has 1 heterocycles. The Morgan fingerprint density at radius 1 is 1.00 bits per heavy atom. The highest BCUT2D eigenvalue weighted by Crippen LogP contribution is 2.34. The van der Waals surface area contributed by atoms with Gasteiger partial charge in [0.1, 0.15) is 25.6 Å². The van der Waals surface area contributed by atoms with E-state index in [0.29, 0.717) is 29.6 Å². The van der Waals surface area contributed by atoms with E-state index in [1.807, 2.05) is 13.8 Å². The number of rotatable bonds is 10. The van der Waals surface area contributed by atoms with Gasteiger partial charge < -0.3 is 24.3 Å². The molecule has 11 heteroatoms. The minimum absolute atomic E-state index is 0.0388. The summed E-state index contributed by atoms with van der Waals surface area (Å²) >= 11 is 0. The Morgan fingerprint density at radius 2 is 1.71 bits per heavy atom. The quantitative estimate of drug-likeness (QED) is 0.413. The van der Waals surface area contributed by atoms with E-state index in [0.717, 1.165) is 22.0 Å². The van der Waals surface area contributed by atoms with Crippen molar-refractivity contribution in [2.75, 3.05) is 31.2 Å². The van der Waals surface area contributed by atoms with E-state index in [1.54, 1.807) is 18.2 Å². The second kappa shape index (κ2) is 11.6. The molecule has 1 N–H and O–H groups in total. The second-order valence-corrected chi connectivity index (χ2v) is 10.6. The summed E-state index contributed by atoms with van der Waals surface area (Å²) in [6.07, 6.45) is -0.0388. The molecule has 0 bridgehead atoms. The van der Waals surface area contributed by atoms with E-state index in [2.05, 4.69) is 5.32 Å². The number of hydrogen-bond acceptors (Lipinski definition) is 7. The van der Waals surface area contributed by atoms with Gasteiger partial charge in [0, 0.05) is 12.6 Å². The van der Waals surface area contributed by atoms with Crippen molar-refractivity contribution in [1.29, 1.82) is 0 Å². The molecular weight excluding hydrogens is 515 g/mol. The molecule has 0 saturated carbocycles. The highest BCUT2D eigenvalue weighted by molar-refractivity contribution is 7.92. The van der Waals surface area contributed by atoms with E-state index in [9.17, 15) is 17.6 Å². The van der Waals surface area contributed by atoms with E-state index >= 15 is 0 Å². The van der Waals surface area contributed by atoms with Gasteiger partial charge in [-0.15, -0.1) is 0 Å². The predicted octanol–water partition coefficient (Wildman–Crippen LogP) is 3.90. The van der Waals surface area contributed by atoms with Crippen LogP contribution in [0.5, 0.6) is 23.0 Å². The van der Waals surface area contributed by atoms with Crippen LogP contribution in [0.15, 0.2) is 65.6 Å². The fourth-order valence-electron chi connectivity index (χ4n) is 3.79. The minimum Gasteiger partial charge on any atom is -0.493 e. The monoisotopic (exact) mass is 544 g/mol. The van der Waals surface area contributed by atoms with Crippen molar-refractivity contribution >= 4 is 21.6 Å². The molecule has 0 unspecified atom stereocenters. The average Bonchev–Trinajstić information content (AvgIpc) is 2.91.